The van der Waals surface area contributed by atoms with Gasteiger partial charge in [0, 0.05) is 25.7 Å². The second-order valence-corrected chi connectivity index (χ2v) is 5.77. The molecule has 1 amide bonds. The van der Waals surface area contributed by atoms with E-state index in [0.29, 0.717) is 30.5 Å². The summed E-state index contributed by atoms with van der Waals surface area (Å²) in [5.74, 6) is 1.13. The van der Waals surface area contributed by atoms with Crippen molar-refractivity contribution < 1.29 is 9.63 Å². The van der Waals surface area contributed by atoms with Gasteiger partial charge < -0.3 is 0 Å². The molecule has 0 bridgehead atoms. The topological polar surface area (TPSA) is 96.0 Å². The first-order chi connectivity index (χ1) is 11.7. The number of rotatable bonds is 6. The zero-order chi connectivity index (χ0) is 16.8. The minimum absolute atomic E-state index is 0.0589. The fourth-order valence-corrected chi connectivity index (χ4v) is 2.80. The van der Waals surface area contributed by atoms with Crippen molar-refractivity contribution in [3.8, 4) is 11.5 Å². The summed E-state index contributed by atoms with van der Waals surface area (Å²) >= 11 is 0. The van der Waals surface area contributed by atoms with E-state index >= 15 is 0 Å². The average molecular weight is 330 g/mol. The fourth-order valence-electron chi connectivity index (χ4n) is 2.80. The molecule has 2 N–H and O–H groups in total. The van der Waals surface area contributed by atoms with E-state index in [2.05, 4.69) is 25.5 Å². The molecule has 0 radical (unpaired) electrons. The lowest BCUT2D eigenvalue weighted by molar-refractivity contribution is -0.170. The Kier molecular flexibility index (Phi) is 5.50. The zero-order valence-corrected chi connectivity index (χ0v) is 13.7. The minimum atomic E-state index is -0.0589. The third-order valence-corrected chi connectivity index (χ3v) is 4.00. The molecule has 24 heavy (non-hydrogen) atoms. The van der Waals surface area contributed by atoms with E-state index in [0.717, 1.165) is 25.9 Å². The average Bonchev–Trinajstić information content (AvgIpc) is 3.06. The van der Waals surface area contributed by atoms with Crippen LogP contribution < -0.4 is 5.32 Å². The lowest BCUT2D eigenvalue weighted by Crippen LogP contribution is -2.35. The third-order valence-electron chi connectivity index (χ3n) is 4.00. The molecule has 0 spiro atoms. The van der Waals surface area contributed by atoms with Gasteiger partial charge in [0.05, 0.1) is 6.61 Å². The van der Waals surface area contributed by atoms with Gasteiger partial charge in [-0.05, 0) is 37.8 Å². The molecule has 0 saturated carbocycles. The Morgan fingerprint density at radius 3 is 2.96 bits per heavy atom. The van der Waals surface area contributed by atoms with Gasteiger partial charge in [-0.25, -0.2) is 0 Å². The minimum Gasteiger partial charge on any atom is -0.299 e. The maximum Gasteiger partial charge on any atom is 0.249 e. The molecule has 0 aliphatic carbocycles. The molecule has 1 aliphatic heterocycles. The van der Waals surface area contributed by atoms with Crippen LogP contribution in [0.15, 0.2) is 24.4 Å². The fraction of sp³-hybridized carbons (Fsp3) is 0.500. The summed E-state index contributed by atoms with van der Waals surface area (Å²) in [7, 11) is 0. The summed E-state index contributed by atoms with van der Waals surface area (Å²) < 4.78 is 0. The highest BCUT2D eigenvalue weighted by Crippen LogP contribution is 2.21. The van der Waals surface area contributed by atoms with Crippen molar-refractivity contribution in [2.24, 2.45) is 5.92 Å². The number of piperidine rings is 1. The number of carbonyl (C=O) groups is 1. The molecule has 0 unspecified atom stereocenters. The van der Waals surface area contributed by atoms with Crippen molar-refractivity contribution in [1.29, 1.82) is 0 Å². The normalized spacial score (nSPS) is 16.2. The second-order valence-electron chi connectivity index (χ2n) is 5.77. The van der Waals surface area contributed by atoms with Gasteiger partial charge in [-0.15, -0.1) is 5.10 Å². The van der Waals surface area contributed by atoms with Crippen LogP contribution in [0.4, 0.5) is 5.95 Å². The molecule has 128 valence electrons. The molecule has 8 heteroatoms. The molecule has 0 atom stereocenters. The van der Waals surface area contributed by atoms with E-state index in [-0.39, 0.29) is 11.9 Å². The summed E-state index contributed by atoms with van der Waals surface area (Å²) in [5.41, 5.74) is 0.689. The zero-order valence-electron chi connectivity index (χ0n) is 13.7. The molecule has 1 fully saturated rings. The SMILES string of the molecule is CCON1CCC(CC(=O)Nc2n[nH]c(-c3ccccn3)n2)CC1. The summed E-state index contributed by atoms with van der Waals surface area (Å²) in [4.78, 5) is 26.1. The highest BCUT2D eigenvalue weighted by atomic mass is 16.7. The van der Waals surface area contributed by atoms with E-state index < -0.39 is 0 Å². The van der Waals surface area contributed by atoms with Crippen LogP contribution in [0.2, 0.25) is 0 Å². The number of pyridine rings is 1. The van der Waals surface area contributed by atoms with Gasteiger partial charge in [0.15, 0.2) is 5.82 Å². The number of aromatic amines is 1. The van der Waals surface area contributed by atoms with Crippen LogP contribution in [-0.2, 0) is 9.63 Å². The van der Waals surface area contributed by atoms with Crippen molar-refractivity contribution in [2.75, 3.05) is 25.0 Å². The maximum atomic E-state index is 12.2. The third kappa shape index (κ3) is 4.36. The van der Waals surface area contributed by atoms with Crippen LogP contribution in [0.3, 0.4) is 0 Å². The smallest absolute Gasteiger partial charge is 0.249 e. The van der Waals surface area contributed by atoms with E-state index in [1.807, 2.05) is 30.2 Å². The number of H-pyrrole nitrogens is 1. The molecule has 1 saturated heterocycles. The highest BCUT2D eigenvalue weighted by Gasteiger charge is 2.22. The lowest BCUT2D eigenvalue weighted by atomic mass is 9.94. The number of nitrogens with one attached hydrogen (secondary N) is 2. The van der Waals surface area contributed by atoms with E-state index in [4.69, 9.17) is 4.84 Å². The molecular formula is C16H22N6O2. The van der Waals surface area contributed by atoms with Crippen molar-refractivity contribution in [3.63, 3.8) is 0 Å². The van der Waals surface area contributed by atoms with E-state index in [9.17, 15) is 4.79 Å². The summed E-state index contributed by atoms with van der Waals surface area (Å²) in [5, 5.41) is 11.5. The summed E-state index contributed by atoms with van der Waals surface area (Å²) in [6.07, 6.45) is 4.08. The Morgan fingerprint density at radius 1 is 1.42 bits per heavy atom. The van der Waals surface area contributed by atoms with Crippen molar-refractivity contribution in [1.82, 2.24) is 25.2 Å². The number of hydrogen-bond donors (Lipinski definition) is 2. The first-order valence-electron chi connectivity index (χ1n) is 8.26. The van der Waals surface area contributed by atoms with Crippen molar-refractivity contribution in [3.05, 3.63) is 24.4 Å². The van der Waals surface area contributed by atoms with E-state index in [1.54, 1.807) is 6.20 Å². The predicted molar refractivity (Wildman–Crippen MR) is 88.8 cm³/mol. The molecule has 1 aliphatic rings. The van der Waals surface area contributed by atoms with Gasteiger partial charge in [0.1, 0.15) is 5.69 Å². The van der Waals surface area contributed by atoms with Crippen molar-refractivity contribution >= 4 is 11.9 Å². The number of nitrogens with zero attached hydrogens (tertiary/aromatic N) is 4. The van der Waals surface area contributed by atoms with Crippen LogP contribution in [0.5, 0.6) is 0 Å². The van der Waals surface area contributed by atoms with Crippen molar-refractivity contribution in [2.45, 2.75) is 26.2 Å². The number of hydrogen-bond acceptors (Lipinski definition) is 6. The number of hydroxylamine groups is 2. The highest BCUT2D eigenvalue weighted by molar-refractivity contribution is 5.89. The maximum absolute atomic E-state index is 12.2. The first-order valence-corrected chi connectivity index (χ1v) is 8.26. The Hall–Kier alpha value is -2.32. The van der Waals surface area contributed by atoms with Gasteiger partial charge >= 0.3 is 0 Å². The largest absolute Gasteiger partial charge is 0.299 e. The van der Waals surface area contributed by atoms with Gasteiger partial charge in [0.25, 0.3) is 0 Å². The van der Waals surface area contributed by atoms with Gasteiger partial charge in [-0.2, -0.15) is 10.0 Å². The van der Waals surface area contributed by atoms with Gasteiger partial charge in [0.2, 0.25) is 11.9 Å². The number of aromatic nitrogens is 4. The Morgan fingerprint density at radius 2 is 2.25 bits per heavy atom. The van der Waals surface area contributed by atoms with E-state index in [1.165, 1.54) is 0 Å². The molecular weight excluding hydrogens is 308 g/mol. The summed E-state index contributed by atoms with van der Waals surface area (Å²) in [6.45, 7) is 4.41. The molecule has 3 heterocycles. The van der Waals surface area contributed by atoms with Crippen LogP contribution in [0.1, 0.15) is 26.2 Å². The molecule has 2 aromatic rings. The molecule has 2 aromatic heterocycles. The van der Waals surface area contributed by atoms with Gasteiger partial charge in [-0.1, -0.05) is 6.07 Å². The molecule has 3 rings (SSSR count). The predicted octanol–water partition coefficient (Wildman–Crippen LogP) is 1.86. The number of anilines is 1. The Bertz CT molecular complexity index is 652. The Balaban J connectivity index is 1.48. The van der Waals surface area contributed by atoms with Crippen LogP contribution in [-0.4, -0.2) is 50.8 Å². The quantitative estimate of drug-likeness (QED) is 0.839. The van der Waals surface area contributed by atoms with Crippen LogP contribution >= 0.6 is 0 Å². The number of amides is 1. The van der Waals surface area contributed by atoms with Crippen LogP contribution in [0, 0.1) is 5.92 Å². The second kappa shape index (κ2) is 7.98. The van der Waals surface area contributed by atoms with Crippen LogP contribution in [0.25, 0.3) is 11.5 Å². The lowest BCUT2D eigenvalue weighted by Gasteiger charge is -2.30. The van der Waals surface area contributed by atoms with Gasteiger partial charge in [-0.3, -0.25) is 25.0 Å². The monoisotopic (exact) mass is 330 g/mol. The first kappa shape index (κ1) is 16.5. The molecule has 0 aromatic carbocycles. The summed E-state index contributed by atoms with van der Waals surface area (Å²) in [6, 6.07) is 5.54. The Labute approximate surface area is 140 Å². The molecule has 8 nitrogen and oxygen atoms in total. The number of carbonyl (C=O) groups excluding carboxylic acids is 1. The standard InChI is InChI=1S/C16H22N6O2/c1-2-24-22-9-6-12(7-10-22)11-14(23)18-16-19-15(20-21-16)13-5-3-4-8-17-13/h3-5,8,12H,2,6-7,9-11H2,1H3,(H2,18,19,20,21,23).